The van der Waals surface area contributed by atoms with Gasteiger partial charge in [-0.2, -0.15) is 0 Å². The van der Waals surface area contributed by atoms with E-state index in [0.717, 1.165) is 0 Å². The summed E-state index contributed by atoms with van der Waals surface area (Å²) in [5.41, 5.74) is 1.66. The van der Waals surface area contributed by atoms with Crippen LogP contribution < -0.4 is 16.7 Å². The van der Waals surface area contributed by atoms with Crippen LogP contribution in [-0.4, -0.2) is 41.8 Å². The van der Waals surface area contributed by atoms with Crippen molar-refractivity contribution >= 4 is 8.32 Å². The van der Waals surface area contributed by atoms with Crippen molar-refractivity contribution in [3.05, 3.63) is 32.6 Å². The Bertz CT molecular complexity index is 722. The fourth-order valence-electron chi connectivity index (χ4n) is 2.62. The van der Waals surface area contributed by atoms with Gasteiger partial charge >= 0.3 is 5.69 Å². The Labute approximate surface area is 148 Å². The molecule has 1 aromatic heterocycles. The van der Waals surface area contributed by atoms with E-state index in [-0.39, 0.29) is 23.8 Å². The highest BCUT2D eigenvalue weighted by atomic mass is 28.4. The number of nitrogens with zero attached hydrogens (tertiary/aromatic N) is 1. The number of hydrogen-bond acceptors (Lipinski definition) is 6. The molecular weight excluding hydrogens is 342 g/mol. The fraction of sp³-hybridized carbons (Fsp3) is 0.750. The van der Waals surface area contributed by atoms with Gasteiger partial charge in [-0.05, 0) is 25.1 Å². The summed E-state index contributed by atoms with van der Waals surface area (Å²) in [4.78, 5) is 26.0. The van der Waals surface area contributed by atoms with Gasteiger partial charge in [-0.3, -0.25) is 14.3 Å². The Hall–Kier alpha value is -1.26. The average molecular weight is 372 g/mol. The predicted molar refractivity (Wildman–Crippen MR) is 96.4 cm³/mol. The maximum Gasteiger partial charge on any atom is 0.330 e. The van der Waals surface area contributed by atoms with Gasteiger partial charge in [0.1, 0.15) is 6.23 Å². The smallest absolute Gasteiger partial charge is 0.330 e. The van der Waals surface area contributed by atoms with Crippen molar-refractivity contribution in [2.24, 2.45) is 0 Å². The number of aromatic nitrogens is 2. The highest BCUT2D eigenvalue weighted by Gasteiger charge is 2.45. The second kappa shape index (κ2) is 7.16. The first kappa shape index (κ1) is 20.1. The van der Waals surface area contributed by atoms with Crippen molar-refractivity contribution in [1.29, 1.82) is 0 Å². The van der Waals surface area contributed by atoms with E-state index in [0.29, 0.717) is 12.0 Å². The number of H-pyrrole nitrogens is 1. The lowest BCUT2D eigenvalue weighted by molar-refractivity contribution is -0.0329. The minimum Gasteiger partial charge on any atom is -0.411 e. The number of nitrogens with one attached hydrogen (secondary N) is 2. The quantitative estimate of drug-likeness (QED) is 0.535. The molecule has 2 heterocycles. The van der Waals surface area contributed by atoms with Gasteiger partial charge in [0.05, 0.1) is 12.2 Å². The monoisotopic (exact) mass is 371 g/mol. The van der Waals surface area contributed by atoms with Gasteiger partial charge in [-0.15, -0.1) is 0 Å². The third kappa shape index (κ3) is 4.29. The third-order valence-electron chi connectivity index (χ3n) is 5.18. The van der Waals surface area contributed by atoms with Gasteiger partial charge in [0, 0.05) is 24.7 Å². The second-order valence-electron chi connectivity index (χ2n) is 8.12. The van der Waals surface area contributed by atoms with Crippen molar-refractivity contribution in [3.63, 3.8) is 0 Å². The van der Waals surface area contributed by atoms with Gasteiger partial charge in [0.25, 0.3) is 5.56 Å². The zero-order valence-electron chi connectivity index (χ0n) is 15.8. The minimum atomic E-state index is -2.04. The third-order valence-corrected chi connectivity index (χ3v) is 9.69. The first-order valence-electron chi connectivity index (χ1n) is 8.48. The largest absolute Gasteiger partial charge is 0.411 e. The summed E-state index contributed by atoms with van der Waals surface area (Å²) in [5, 5.41) is 9.14. The van der Waals surface area contributed by atoms with E-state index in [1.807, 2.05) is 0 Å². The van der Waals surface area contributed by atoms with E-state index in [2.05, 4.69) is 44.3 Å². The standard InChI is InChI=1S/C16H29N3O5Si/c1-10-9-19(15(21)18-14(10)20)13-7-11(12(23-13)8-17-22)24-25(5,6)16(2,3)4/h9,11-13,17,22H,7-8H2,1-6H3,(H,18,20,21)/t11-,12+,13+/m0/s1. The van der Waals surface area contributed by atoms with E-state index < -0.39 is 25.8 Å². The fourth-order valence-corrected chi connectivity index (χ4v) is 3.98. The maximum atomic E-state index is 12.1. The molecule has 9 heteroatoms. The van der Waals surface area contributed by atoms with E-state index >= 15 is 0 Å². The highest BCUT2D eigenvalue weighted by molar-refractivity contribution is 6.74. The molecule has 1 aromatic rings. The number of rotatable bonds is 5. The van der Waals surface area contributed by atoms with Crippen molar-refractivity contribution in [1.82, 2.24) is 15.0 Å². The van der Waals surface area contributed by atoms with Crippen LogP contribution in [0.3, 0.4) is 0 Å². The van der Waals surface area contributed by atoms with Crippen molar-refractivity contribution < 1.29 is 14.4 Å². The molecule has 2 rings (SSSR count). The van der Waals surface area contributed by atoms with Crippen LogP contribution in [0.5, 0.6) is 0 Å². The first-order valence-corrected chi connectivity index (χ1v) is 11.4. The minimum absolute atomic E-state index is 0.0354. The first-order chi connectivity index (χ1) is 11.5. The summed E-state index contributed by atoms with van der Waals surface area (Å²) in [6.45, 7) is 12.6. The molecule has 3 atom stereocenters. The number of hydrogen-bond donors (Lipinski definition) is 3. The van der Waals surface area contributed by atoms with Gasteiger partial charge < -0.3 is 14.4 Å². The van der Waals surface area contributed by atoms with E-state index in [9.17, 15) is 9.59 Å². The van der Waals surface area contributed by atoms with Crippen LogP contribution in [0, 0.1) is 6.92 Å². The molecule has 8 nitrogen and oxygen atoms in total. The SMILES string of the molecule is Cc1cn([C@H]2C[C@H](O[Si](C)(C)C(C)(C)C)[C@@H](CNO)O2)c(=O)[nH]c1=O. The summed E-state index contributed by atoms with van der Waals surface area (Å²) in [7, 11) is -2.04. The Kier molecular flexibility index (Phi) is 5.74. The molecule has 3 N–H and O–H groups in total. The number of hydroxylamine groups is 1. The molecule has 1 aliphatic heterocycles. The molecule has 0 aromatic carbocycles. The molecule has 0 saturated carbocycles. The summed E-state index contributed by atoms with van der Waals surface area (Å²) in [6, 6.07) is 0. The Morgan fingerprint density at radius 2 is 2.08 bits per heavy atom. The number of aryl methyl sites for hydroxylation is 1. The number of ether oxygens (including phenoxy) is 1. The molecule has 0 aliphatic carbocycles. The zero-order valence-corrected chi connectivity index (χ0v) is 16.8. The van der Waals surface area contributed by atoms with Crippen LogP contribution in [-0.2, 0) is 9.16 Å². The summed E-state index contributed by atoms with van der Waals surface area (Å²) in [5.74, 6) is 0. The summed E-state index contributed by atoms with van der Waals surface area (Å²) in [6.07, 6.45) is 0.804. The predicted octanol–water partition coefficient (Wildman–Crippen LogP) is 1.50. The van der Waals surface area contributed by atoms with Crippen LogP contribution in [0.25, 0.3) is 0 Å². The lowest BCUT2D eigenvalue weighted by Crippen LogP contribution is -2.47. The van der Waals surface area contributed by atoms with Crippen LogP contribution in [0.2, 0.25) is 18.1 Å². The Morgan fingerprint density at radius 1 is 1.44 bits per heavy atom. The maximum absolute atomic E-state index is 12.1. The van der Waals surface area contributed by atoms with Crippen molar-refractivity contribution in [2.45, 2.75) is 70.7 Å². The van der Waals surface area contributed by atoms with Crippen molar-refractivity contribution in [2.75, 3.05) is 6.54 Å². The Balaban J connectivity index is 2.27. The van der Waals surface area contributed by atoms with Crippen LogP contribution >= 0.6 is 0 Å². The highest BCUT2D eigenvalue weighted by Crippen LogP contribution is 2.40. The van der Waals surface area contributed by atoms with Gasteiger partial charge in [-0.1, -0.05) is 20.8 Å². The van der Waals surface area contributed by atoms with Gasteiger partial charge in [0.15, 0.2) is 8.32 Å². The molecule has 1 aliphatic rings. The van der Waals surface area contributed by atoms with Gasteiger partial charge in [-0.25, -0.2) is 10.3 Å². The van der Waals surface area contributed by atoms with Crippen LogP contribution in [0.4, 0.5) is 0 Å². The molecule has 142 valence electrons. The molecule has 1 fully saturated rings. The number of aromatic amines is 1. The van der Waals surface area contributed by atoms with Crippen LogP contribution in [0.1, 0.15) is 39.0 Å². The Morgan fingerprint density at radius 3 is 2.64 bits per heavy atom. The van der Waals surface area contributed by atoms with E-state index in [1.54, 1.807) is 6.92 Å². The average Bonchev–Trinajstić information content (AvgIpc) is 2.84. The topological polar surface area (TPSA) is 106 Å². The second-order valence-corrected chi connectivity index (χ2v) is 12.9. The van der Waals surface area contributed by atoms with E-state index in [1.165, 1.54) is 10.8 Å². The molecule has 0 unspecified atom stereocenters. The lowest BCUT2D eigenvalue weighted by atomic mass is 10.2. The van der Waals surface area contributed by atoms with E-state index in [4.69, 9.17) is 14.4 Å². The summed E-state index contributed by atoms with van der Waals surface area (Å²) < 4.78 is 13.8. The molecule has 1 saturated heterocycles. The normalized spacial score (nSPS) is 24.7. The summed E-state index contributed by atoms with van der Waals surface area (Å²) >= 11 is 0. The lowest BCUT2D eigenvalue weighted by Gasteiger charge is -2.39. The van der Waals surface area contributed by atoms with Gasteiger partial charge in [0.2, 0.25) is 0 Å². The molecule has 0 bridgehead atoms. The molecular formula is C16H29N3O5Si. The van der Waals surface area contributed by atoms with Crippen LogP contribution in [0.15, 0.2) is 15.8 Å². The molecule has 0 amide bonds. The molecule has 0 radical (unpaired) electrons. The molecule has 0 spiro atoms. The zero-order chi connectivity index (χ0) is 19.0. The molecule has 25 heavy (non-hydrogen) atoms. The van der Waals surface area contributed by atoms with Crippen molar-refractivity contribution in [3.8, 4) is 0 Å².